The molecule has 0 aromatic heterocycles. The second-order valence-corrected chi connectivity index (χ2v) is 7.81. The quantitative estimate of drug-likeness (QED) is 0.854. The predicted octanol–water partition coefficient (Wildman–Crippen LogP) is 3.14. The molecule has 0 radical (unpaired) electrons. The number of rotatable bonds is 4. The summed E-state index contributed by atoms with van der Waals surface area (Å²) in [5.41, 5.74) is 1.65. The van der Waals surface area contributed by atoms with Gasteiger partial charge in [0.05, 0.1) is 11.6 Å². The average molecular weight is 341 g/mol. The maximum atomic E-state index is 12.1. The van der Waals surface area contributed by atoms with Crippen LogP contribution in [0.25, 0.3) is 0 Å². The number of hydrogen-bond acceptors (Lipinski definition) is 4. The number of carbonyl (C=O) groups is 2. The first-order valence-electron chi connectivity index (χ1n) is 8.80. The van der Waals surface area contributed by atoms with Crippen molar-refractivity contribution in [2.24, 2.45) is 11.3 Å². The fraction of sp³-hybridized carbons (Fsp3) is 0.550. The van der Waals surface area contributed by atoms with Gasteiger partial charge in [-0.15, -0.1) is 0 Å². The first kappa shape index (κ1) is 19.0. The van der Waals surface area contributed by atoms with Gasteiger partial charge in [-0.25, -0.2) is 0 Å². The fourth-order valence-corrected chi connectivity index (χ4v) is 3.11. The third-order valence-electron chi connectivity index (χ3n) is 4.60. The number of benzene rings is 1. The third kappa shape index (κ3) is 4.82. The van der Waals surface area contributed by atoms with Gasteiger partial charge in [0, 0.05) is 36.3 Å². The number of ketones is 1. The molecular formula is C20H27N3O2. The van der Waals surface area contributed by atoms with E-state index in [0.717, 1.165) is 31.6 Å². The van der Waals surface area contributed by atoms with E-state index in [-0.39, 0.29) is 11.7 Å². The van der Waals surface area contributed by atoms with Crippen molar-refractivity contribution in [2.75, 3.05) is 24.5 Å². The molecule has 1 unspecified atom stereocenters. The van der Waals surface area contributed by atoms with Crippen LogP contribution in [0.15, 0.2) is 18.2 Å². The van der Waals surface area contributed by atoms with Crippen LogP contribution in [-0.2, 0) is 4.79 Å². The van der Waals surface area contributed by atoms with Crippen LogP contribution in [0.5, 0.6) is 0 Å². The number of amides is 1. The van der Waals surface area contributed by atoms with E-state index in [2.05, 4.69) is 16.3 Å². The second-order valence-electron chi connectivity index (χ2n) is 7.81. The highest BCUT2D eigenvalue weighted by molar-refractivity contribution is 6.00. The summed E-state index contributed by atoms with van der Waals surface area (Å²) in [6.07, 6.45) is 2.05. The Bertz CT molecular complexity index is 698. The van der Waals surface area contributed by atoms with Gasteiger partial charge in [-0.3, -0.25) is 9.59 Å². The van der Waals surface area contributed by atoms with Gasteiger partial charge in [0.2, 0.25) is 5.91 Å². The van der Waals surface area contributed by atoms with Crippen LogP contribution >= 0.6 is 0 Å². The van der Waals surface area contributed by atoms with E-state index in [1.165, 1.54) is 0 Å². The van der Waals surface area contributed by atoms with Crippen LogP contribution in [0.3, 0.4) is 0 Å². The van der Waals surface area contributed by atoms with Crippen molar-refractivity contribution in [1.29, 1.82) is 5.26 Å². The van der Waals surface area contributed by atoms with Crippen molar-refractivity contribution in [3.8, 4) is 6.07 Å². The van der Waals surface area contributed by atoms with E-state index in [1.807, 2.05) is 20.8 Å². The molecule has 1 heterocycles. The fourth-order valence-electron chi connectivity index (χ4n) is 3.11. The lowest BCUT2D eigenvalue weighted by Gasteiger charge is -2.36. The zero-order valence-corrected chi connectivity index (χ0v) is 15.6. The number of nitriles is 1. The van der Waals surface area contributed by atoms with E-state index in [4.69, 9.17) is 5.26 Å². The summed E-state index contributed by atoms with van der Waals surface area (Å²) < 4.78 is 0. The summed E-state index contributed by atoms with van der Waals surface area (Å²) in [6, 6.07) is 7.37. The van der Waals surface area contributed by atoms with Gasteiger partial charge in [0.15, 0.2) is 5.78 Å². The van der Waals surface area contributed by atoms with Gasteiger partial charge in [-0.1, -0.05) is 20.8 Å². The number of Topliss-reactive ketones (excluding diaryl/α,β-unsaturated/α-hetero) is 1. The molecule has 1 aromatic carbocycles. The highest BCUT2D eigenvalue weighted by atomic mass is 16.2. The zero-order valence-electron chi connectivity index (χ0n) is 15.6. The molecule has 2 rings (SSSR count). The molecule has 25 heavy (non-hydrogen) atoms. The van der Waals surface area contributed by atoms with E-state index >= 15 is 0 Å². The second kappa shape index (κ2) is 7.69. The SMILES string of the molecule is CC(=O)c1ccc(C#N)cc1N1CCCC(CNC(=O)C(C)(C)C)C1. The van der Waals surface area contributed by atoms with Crippen LogP contribution in [0.4, 0.5) is 5.69 Å². The van der Waals surface area contributed by atoms with Gasteiger partial charge in [-0.05, 0) is 43.9 Å². The topological polar surface area (TPSA) is 73.2 Å². The Morgan fingerprint density at radius 3 is 2.68 bits per heavy atom. The largest absolute Gasteiger partial charge is 0.371 e. The summed E-state index contributed by atoms with van der Waals surface area (Å²) in [6.45, 7) is 9.54. The lowest BCUT2D eigenvalue weighted by atomic mass is 9.93. The number of piperidine rings is 1. The zero-order chi connectivity index (χ0) is 18.6. The Kier molecular flexibility index (Phi) is 5.84. The summed E-state index contributed by atoms with van der Waals surface area (Å²) in [5.74, 6) is 0.397. The van der Waals surface area contributed by atoms with Crippen molar-refractivity contribution in [2.45, 2.75) is 40.5 Å². The summed E-state index contributed by atoms with van der Waals surface area (Å²) in [7, 11) is 0. The number of nitrogens with one attached hydrogen (secondary N) is 1. The minimum absolute atomic E-state index is 0.00245. The summed E-state index contributed by atoms with van der Waals surface area (Å²) in [4.78, 5) is 26.2. The summed E-state index contributed by atoms with van der Waals surface area (Å²) in [5, 5.41) is 12.2. The Morgan fingerprint density at radius 2 is 2.08 bits per heavy atom. The van der Waals surface area contributed by atoms with Crippen molar-refractivity contribution in [1.82, 2.24) is 5.32 Å². The van der Waals surface area contributed by atoms with Gasteiger partial charge in [0.1, 0.15) is 0 Å². The molecule has 0 bridgehead atoms. The Balaban J connectivity index is 2.12. The first-order chi connectivity index (χ1) is 11.7. The summed E-state index contributed by atoms with van der Waals surface area (Å²) >= 11 is 0. The highest BCUT2D eigenvalue weighted by Crippen LogP contribution is 2.28. The van der Waals surface area contributed by atoms with Crippen LogP contribution in [0.1, 0.15) is 56.5 Å². The van der Waals surface area contributed by atoms with Crippen LogP contribution in [-0.4, -0.2) is 31.3 Å². The molecule has 1 fully saturated rings. The first-order valence-corrected chi connectivity index (χ1v) is 8.80. The lowest BCUT2D eigenvalue weighted by Crippen LogP contribution is -2.43. The normalized spacial score (nSPS) is 17.7. The Labute approximate surface area is 150 Å². The molecule has 0 saturated carbocycles. The smallest absolute Gasteiger partial charge is 0.225 e. The molecule has 0 aliphatic carbocycles. The number of carbonyl (C=O) groups excluding carboxylic acids is 2. The van der Waals surface area contributed by atoms with Gasteiger partial charge in [0.25, 0.3) is 0 Å². The minimum atomic E-state index is -0.392. The van der Waals surface area contributed by atoms with E-state index in [9.17, 15) is 9.59 Å². The van der Waals surface area contributed by atoms with Crippen LogP contribution in [0.2, 0.25) is 0 Å². The molecular weight excluding hydrogens is 314 g/mol. The van der Waals surface area contributed by atoms with Crippen LogP contribution < -0.4 is 10.2 Å². The lowest BCUT2D eigenvalue weighted by molar-refractivity contribution is -0.128. The van der Waals surface area contributed by atoms with E-state index in [1.54, 1.807) is 25.1 Å². The van der Waals surface area contributed by atoms with Gasteiger partial charge < -0.3 is 10.2 Å². The molecule has 1 aliphatic heterocycles. The Hall–Kier alpha value is -2.35. The number of nitrogens with zero attached hydrogens (tertiary/aromatic N) is 2. The van der Waals surface area contributed by atoms with Gasteiger partial charge >= 0.3 is 0 Å². The van der Waals surface area contributed by atoms with Gasteiger partial charge in [-0.2, -0.15) is 5.26 Å². The van der Waals surface area contributed by atoms with Crippen molar-refractivity contribution in [3.05, 3.63) is 29.3 Å². The predicted molar refractivity (Wildman–Crippen MR) is 98.6 cm³/mol. The van der Waals surface area contributed by atoms with Crippen molar-refractivity contribution in [3.63, 3.8) is 0 Å². The molecule has 0 spiro atoms. The minimum Gasteiger partial charge on any atom is -0.371 e. The van der Waals surface area contributed by atoms with Crippen molar-refractivity contribution < 1.29 is 9.59 Å². The molecule has 1 aromatic rings. The maximum absolute atomic E-state index is 12.1. The average Bonchev–Trinajstić information content (AvgIpc) is 2.58. The molecule has 134 valence electrons. The molecule has 1 atom stereocenters. The molecule has 5 heteroatoms. The molecule has 1 N–H and O–H groups in total. The number of anilines is 1. The van der Waals surface area contributed by atoms with E-state index in [0.29, 0.717) is 23.6 Å². The van der Waals surface area contributed by atoms with E-state index < -0.39 is 5.41 Å². The maximum Gasteiger partial charge on any atom is 0.225 e. The monoisotopic (exact) mass is 341 g/mol. The van der Waals surface area contributed by atoms with Crippen LogP contribution in [0, 0.1) is 22.7 Å². The van der Waals surface area contributed by atoms with Crippen molar-refractivity contribution >= 4 is 17.4 Å². The Morgan fingerprint density at radius 1 is 1.36 bits per heavy atom. The standard InChI is InChI=1S/C20H27N3O2/c1-14(24)17-8-7-15(11-21)10-18(17)23-9-5-6-16(13-23)12-22-19(25)20(2,3)4/h7-8,10,16H,5-6,9,12-13H2,1-4H3,(H,22,25). The molecule has 5 nitrogen and oxygen atoms in total. The molecule has 1 saturated heterocycles. The molecule has 1 aliphatic rings. The molecule has 1 amide bonds. The highest BCUT2D eigenvalue weighted by Gasteiger charge is 2.26. The third-order valence-corrected chi connectivity index (χ3v) is 4.60. The number of hydrogen-bond donors (Lipinski definition) is 1.